The molecule has 10 nitrogen and oxygen atoms in total. The fourth-order valence-corrected chi connectivity index (χ4v) is 3.19. The van der Waals surface area contributed by atoms with Crippen LogP contribution in [0.1, 0.15) is 32.7 Å². The first-order valence-electron chi connectivity index (χ1n) is 11.2. The molecule has 0 saturated heterocycles. The molecule has 0 fully saturated rings. The van der Waals surface area contributed by atoms with Crippen LogP contribution in [0.2, 0.25) is 0 Å². The normalized spacial score (nSPS) is 10.5. The van der Waals surface area contributed by atoms with Crippen LogP contribution in [0, 0.1) is 0 Å². The number of benzene rings is 3. The molecule has 37 heavy (non-hydrogen) atoms. The summed E-state index contributed by atoms with van der Waals surface area (Å²) in [6, 6.07) is 18.2. The Morgan fingerprint density at radius 3 is 2.16 bits per heavy atom. The molecule has 3 aromatic carbocycles. The Morgan fingerprint density at radius 1 is 0.784 bits per heavy atom. The second-order valence-electron chi connectivity index (χ2n) is 7.53. The summed E-state index contributed by atoms with van der Waals surface area (Å²) in [5, 5.41) is 6.60. The van der Waals surface area contributed by atoms with Gasteiger partial charge in [-0.3, -0.25) is 9.59 Å². The first kappa shape index (κ1) is 26.7. The SMILES string of the molecule is COc1ccc(C(=O)Oc2ccc(/C=N\NC(=O)CCNC(=O)c3ccccc3)cc2OC)cc1OC. The van der Waals surface area contributed by atoms with E-state index in [0.717, 1.165) is 0 Å². The molecule has 192 valence electrons. The van der Waals surface area contributed by atoms with Crippen molar-refractivity contribution in [2.45, 2.75) is 6.42 Å². The first-order valence-corrected chi connectivity index (χ1v) is 11.2. The van der Waals surface area contributed by atoms with Crippen LogP contribution in [0.15, 0.2) is 71.8 Å². The lowest BCUT2D eigenvalue weighted by Crippen LogP contribution is -2.28. The topological polar surface area (TPSA) is 125 Å². The zero-order chi connectivity index (χ0) is 26.6. The van der Waals surface area contributed by atoms with Gasteiger partial charge in [-0.2, -0.15) is 5.10 Å². The predicted octanol–water partition coefficient (Wildman–Crippen LogP) is 3.20. The Hall–Kier alpha value is -4.86. The van der Waals surface area contributed by atoms with E-state index in [1.165, 1.54) is 33.6 Å². The molecule has 3 aromatic rings. The number of carbonyl (C=O) groups excluding carboxylic acids is 3. The number of carbonyl (C=O) groups is 3. The van der Waals surface area contributed by atoms with E-state index in [9.17, 15) is 14.4 Å². The monoisotopic (exact) mass is 505 g/mol. The van der Waals surface area contributed by atoms with E-state index in [1.807, 2.05) is 6.07 Å². The lowest BCUT2D eigenvalue weighted by Gasteiger charge is -2.11. The first-order chi connectivity index (χ1) is 17.9. The smallest absolute Gasteiger partial charge is 0.343 e. The molecular formula is C27H27N3O7. The van der Waals surface area contributed by atoms with Gasteiger partial charge in [0.15, 0.2) is 23.0 Å². The number of hydrazone groups is 1. The van der Waals surface area contributed by atoms with Crippen molar-refractivity contribution < 1.29 is 33.3 Å². The lowest BCUT2D eigenvalue weighted by atomic mass is 10.2. The minimum Gasteiger partial charge on any atom is -0.493 e. The third-order valence-corrected chi connectivity index (χ3v) is 5.09. The summed E-state index contributed by atoms with van der Waals surface area (Å²) >= 11 is 0. The summed E-state index contributed by atoms with van der Waals surface area (Å²) in [6.07, 6.45) is 1.48. The molecule has 0 aliphatic rings. The number of esters is 1. The predicted molar refractivity (Wildman–Crippen MR) is 137 cm³/mol. The average molecular weight is 506 g/mol. The number of ether oxygens (including phenoxy) is 4. The number of hydrogen-bond acceptors (Lipinski definition) is 8. The van der Waals surface area contributed by atoms with Gasteiger partial charge in [-0.25, -0.2) is 10.2 Å². The van der Waals surface area contributed by atoms with Gasteiger partial charge in [0.2, 0.25) is 5.91 Å². The summed E-state index contributed by atoms with van der Waals surface area (Å²) in [5.41, 5.74) is 3.79. The highest BCUT2D eigenvalue weighted by Crippen LogP contribution is 2.31. The van der Waals surface area contributed by atoms with Gasteiger partial charge in [-0.05, 0) is 54.1 Å². The van der Waals surface area contributed by atoms with Crippen LogP contribution in [-0.2, 0) is 4.79 Å². The molecule has 2 amide bonds. The van der Waals surface area contributed by atoms with E-state index in [4.69, 9.17) is 18.9 Å². The molecule has 10 heteroatoms. The van der Waals surface area contributed by atoms with E-state index in [0.29, 0.717) is 28.4 Å². The van der Waals surface area contributed by atoms with Crippen LogP contribution in [0.5, 0.6) is 23.0 Å². The van der Waals surface area contributed by atoms with E-state index in [1.54, 1.807) is 54.6 Å². The van der Waals surface area contributed by atoms with Crippen molar-refractivity contribution in [3.8, 4) is 23.0 Å². The molecule has 0 aromatic heterocycles. The van der Waals surface area contributed by atoms with Gasteiger partial charge < -0.3 is 24.3 Å². The molecule has 0 spiro atoms. The highest BCUT2D eigenvalue weighted by atomic mass is 16.6. The van der Waals surface area contributed by atoms with Gasteiger partial charge in [0.25, 0.3) is 5.91 Å². The number of amides is 2. The minimum atomic E-state index is -0.604. The molecule has 0 heterocycles. The highest BCUT2D eigenvalue weighted by Gasteiger charge is 2.15. The summed E-state index contributed by atoms with van der Waals surface area (Å²) in [4.78, 5) is 36.6. The zero-order valence-corrected chi connectivity index (χ0v) is 20.6. The maximum atomic E-state index is 12.6. The minimum absolute atomic E-state index is 0.0598. The third kappa shape index (κ3) is 7.56. The van der Waals surface area contributed by atoms with Crippen molar-refractivity contribution in [3.05, 3.63) is 83.4 Å². The quantitative estimate of drug-likeness (QED) is 0.177. The van der Waals surface area contributed by atoms with Crippen LogP contribution in [0.25, 0.3) is 0 Å². The second kappa shape index (κ2) is 13.3. The molecular weight excluding hydrogens is 478 g/mol. The van der Waals surface area contributed by atoms with Gasteiger partial charge in [0, 0.05) is 18.5 Å². The molecule has 0 radical (unpaired) electrons. The third-order valence-electron chi connectivity index (χ3n) is 5.09. The van der Waals surface area contributed by atoms with Crippen LogP contribution in [-0.4, -0.2) is 51.9 Å². The summed E-state index contributed by atoms with van der Waals surface area (Å²) < 4.78 is 21.2. The van der Waals surface area contributed by atoms with Gasteiger partial charge in [0.1, 0.15) is 0 Å². The van der Waals surface area contributed by atoms with E-state index in [-0.39, 0.29) is 36.1 Å². The summed E-state index contributed by atoms with van der Waals surface area (Å²) in [5.74, 6) is 0.172. The van der Waals surface area contributed by atoms with E-state index < -0.39 is 5.97 Å². The molecule has 3 rings (SSSR count). The number of rotatable bonds is 11. The van der Waals surface area contributed by atoms with Crippen molar-refractivity contribution in [3.63, 3.8) is 0 Å². The number of hydrogen-bond donors (Lipinski definition) is 2. The van der Waals surface area contributed by atoms with Gasteiger partial charge in [-0.1, -0.05) is 18.2 Å². The van der Waals surface area contributed by atoms with E-state index in [2.05, 4.69) is 15.8 Å². The average Bonchev–Trinajstić information content (AvgIpc) is 2.93. The second-order valence-corrected chi connectivity index (χ2v) is 7.53. The maximum Gasteiger partial charge on any atom is 0.343 e. The van der Waals surface area contributed by atoms with Crippen molar-refractivity contribution in [1.82, 2.24) is 10.7 Å². The molecule has 2 N–H and O–H groups in total. The molecule has 0 atom stereocenters. The highest BCUT2D eigenvalue weighted by molar-refractivity contribution is 5.94. The number of nitrogens with one attached hydrogen (secondary N) is 2. The van der Waals surface area contributed by atoms with Gasteiger partial charge >= 0.3 is 5.97 Å². The number of nitrogens with zero attached hydrogens (tertiary/aromatic N) is 1. The Balaban J connectivity index is 1.53. The van der Waals surface area contributed by atoms with Crippen LogP contribution in [0.3, 0.4) is 0 Å². The van der Waals surface area contributed by atoms with E-state index >= 15 is 0 Å². The van der Waals surface area contributed by atoms with Crippen molar-refractivity contribution in [2.24, 2.45) is 5.10 Å². The fraction of sp³-hybridized carbons (Fsp3) is 0.185. The van der Waals surface area contributed by atoms with Crippen molar-refractivity contribution in [1.29, 1.82) is 0 Å². The molecule has 0 aliphatic carbocycles. The Bertz CT molecular complexity index is 1280. The summed E-state index contributed by atoms with van der Waals surface area (Å²) in [6.45, 7) is 0.170. The maximum absolute atomic E-state index is 12.6. The van der Waals surface area contributed by atoms with Gasteiger partial charge in [0.05, 0.1) is 33.1 Å². The van der Waals surface area contributed by atoms with Crippen molar-refractivity contribution >= 4 is 24.0 Å². The molecule has 0 bridgehead atoms. The van der Waals surface area contributed by atoms with Crippen LogP contribution >= 0.6 is 0 Å². The zero-order valence-electron chi connectivity index (χ0n) is 20.6. The van der Waals surface area contributed by atoms with Crippen LogP contribution in [0.4, 0.5) is 0 Å². The Labute approximate surface area is 214 Å². The van der Waals surface area contributed by atoms with Gasteiger partial charge in [-0.15, -0.1) is 0 Å². The summed E-state index contributed by atoms with van der Waals surface area (Å²) in [7, 11) is 4.42. The van der Waals surface area contributed by atoms with Crippen LogP contribution < -0.4 is 29.7 Å². The standard InChI is InChI=1S/C27H27N3O7/c1-34-21-12-10-20(16-24(21)36-3)27(33)37-22-11-9-18(15-23(22)35-2)17-29-30-25(31)13-14-28-26(32)19-7-5-4-6-8-19/h4-12,15-17H,13-14H2,1-3H3,(H,28,32)(H,30,31)/b29-17-. The van der Waals surface area contributed by atoms with Crippen molar-refractivity contribution in [2.75, 3.05) is 27.9 Å². The molecule has 0 unspecified atom stereocenters. The Morgan fingerprint density at radius 2 is 1.46 bits per heavy atom. The largest absolute Gasteiger partial charge is 0.493 e. The number of methoxy groups -OCH3 is 3. The lowest BCUT2D eigenvalue weighted by molar-refractivity contribution is -0.120. The molecule has 0 saturated carbocycles. The Kier molecular flexibility index (Phi) is 9.60. The molecule has 0 aliphatic heterocycles. The fourth-order valence-electron chi connectivity index (χ4n) is 3.19.